The van der Waals surface area contributed by atoms with Crippen molar-refractivity contribution in [3.63, 3.8) is 0 Å². The summed E-state index contributed by atoms with van der Waals surface area (Å²) in [5, 5.41) is 19.9. The summed E-state index contributed by atoms with van der Waals surface area (Å²) < 4.78 is 69.7. The van der Waals surface area contributed by atoms with E-state index >= 15 is 0 Å². The van der Waals surface area contributed by atoms with Crippen LogP contribution in [0.3, 0.4) is 0 Å². The van der Waals surface area contributed by atoms with Crippen molar-refractivity contribution in [2.75, 3.05) is 64.0 Å². The summed E-state index contributed by atoms with van der Waals surface area (Å²) in [6.07, 6.45) is 2.13. The van der Waals surface area contributed by atoms with Crippen LogP contribution in [0.1, 0.15) is 105 Å². The van der Waals surface area contributed by atoms with Gasteiger partial charge in [-0.2, -0.15) is 13.1 Å². The lowest BCUT2D eigenvalue weighted by Gasteiger charge is -2.31. The highest BCUT2D eigenvalue weighted by Gasteiger charge is 2.52. The number of hydrogen-bond acceptors (Lipinski definition) is 18. The summed E-state index contributed by atoms with van der Waals surface area (Å²) in [5.41, 5.74) is 3.38. The number of aliphatic hydroxyl groups is 1. The fourth-order valence-electron chi connectivity index (χ4n) is 11.5. The van der Waals surface area contributed by atoms with Crippen LogP contribution in [0.5, 0.6) is 23.0 Å². The van der Waals surface area contributed by atoms with Crippen LogP contribution < -0.4 is 49.2 Å². The zero-order chi connectivity index (χ0) is 64.6. The van der Waals surface area contributed by atoms with E-state index < -0.39 is 88.9 Å². The van der Waals surface area contributed by atoms with E-state index in [-0.39, 0.29) is 98.5 Å². The maximum atomic E-state index is 14.2. The van der Waals surface area contributed by atoms with Gasteiger partial charge in [0.2, 0.25) is 17.7 Å². The van der Waals surface area contributed by atoms with E-state index in [9.17, 15) is 47.1 Å². The zero-order valence-corrected chi connectivity index (χ0v) is 52.0. The third-order valence-corrected chi connectivity index (χ3v) is 17.5. The van der Waals surface area contributed by atoms with Gasteiger partial charge in [0.1, 0.15) is 31.4 Å². The van der Waals surface area contributed by atoms with E-state index in [0.29, 0.717) is 71.8 Å². The van der Waals surface area contributed by atoms with E-state index in [2.05, 4.69) is 50.7 Å². The molecule has 3 aromatic carbocycles. The third kappa shape index (κ3) is 15.8. The number of rotatable bonds is 25. The number of fused-ring (bicyclic) bond motifs is 5. The third-order valence-electron chi connectivity index (χ3n) is 16.3. The molecule has 3 fully saturated rings. The number of methoxy groups -OCH3 is 2. The van der Waals surface area contributed by atoms with Gasteiger partial charge >= 0.3 is 22.4 Å². The van der Waals surface area contributed by atoms with Crippen LogP contribution in [0.4, 0.5) is 26.7 Å². The molecule has 26 nitrogen and oxygen atoms in total. The quantitative estimate of drug-likeness (QED) is 0.0351. The summed E-state index contributed by atoms with van der Waals surface area (Å²) in [6.45, 7) is 14.6. The van der Waals surface area contributed by atoms with Crippen molar-refractivity contribution in [3.05, 3.63) is 89.5 Å². The standard InChI is InChI=1S/C63H77N9O17S/c1-35(2)55(67-54(73)34-85-23-20-38(5)68-90(81,82)69-62(79)89-56-43-14-11-9-10-12-15-44(43)56)58(75)65-39(6)57(74)66-41-18-16-40(17-19-41)33-88-63(80)72-48-29-53(51(84-8)27-46(48)60(77)71-32-37(4)25-49(71)61(72)78)87-22-13-21-86-52-28-47-45(26-50(52)83-7)59(76)70-31-36(3)24-42(70)30-64-47/h16-19,26-30,35,38-39,42-44,49,55-56,61,68,78H,3-4,11-15,20-25,31-34H2,1-2,5-8H3,(H,65,75)(H,66,74)(H,67,73)(H,69,79)/t38?,39-,42-,43-,44+,49-,55-,56-,61-/m0/s1. The minimum atomic E-state index is -4.26. The molecule has 0 spiro atoms. The largest absolute Gasteiger partial charge is 0.493 e. The number of hydrogen-bond donors (Lipinski definition) is 6. The van der Waals surface area contributed by atoms with Crippen LogP contribution in [-0.2, 0) is 45.4 Å². The van der Waals surface area contributed by atoms with E-state index in [1.54, 1.807) is 68.3 Å². The lowest BCUT2D eigenvalue weighted by molar-refractivity contribution is -0.133. The van der Waals surface area contributed by atoms with Crippen LogP contribution in [0.15, 0.2) is 77.8 Å². The Bertz CT molecular complexity index is 3480. The average molecular weight is 1260 g/mol. The summed E-state index contributed by atoms with van der Waals surface area (Å²) in [7, 11) is -1.37. The van der Waals surface area contributed by atoms with Crippen molar-refractivity contribution in [3.8, 4) is 34.8 Å². The topological polar surface area (TPSA) is 321 Å². The Labute approximate surface area is 522 Å². The first-order valence-electron chi connectivity index (χ1n) is 29.9. The highest BCUT2D eigenvalue weighted by atomic mass is 32.2. The van der Waals surface area contributed by atoms with E-state index in [0.717, 1.165) is 23.3 Å². The number of nitrogens with zero attached hydrogens (tertiary/aromatic N) is 4. The fraction of sp³-hybridized carbons (Fsp3) is 0.492. The van der Waals surface area contributed by atoms with Gasteiger partial charge in [0.25, 0.3) is 11.8 Å². The molecular formula is C63H77N9O17S. The molecule has 1 unspecified atom stereocenters. The van der Waals surface area contributed by atoms with Crippen molar-refractivity contribution >= 4 is 75.2 Å². The first-order chi connectivity index (χ1) is 43.0. The monoisotopic (exact) mass is 1260 g/mol. The highest BCUT2D eigenvalue weighted by Crippen LogP contribution is 2.49. The molecule has 0 bridgehead atoms. The van der Waals surface area contributed by atoms with Gasteiger partial charge in [-0.1, -0.05) is 50.3 Å². The Balaban J connectivity index is 0.734. The summed E-state index contributed by atoms with van der Waals surface area (Å²) >= 11 is 0. The molecule has 90 heavy (non-hydrogen) atoms. The summed E-state index contributed by atoms with van der Waals surface area (Å²) in [4.78, 5) is 103. The predicted octanol–water partition coefficient (Wildman–Crippen LogP) is 5.42. The first kappa shape index (κ1) is 65.7. The lowest BCUT2D eigenvalue weighted by Crippen LogP contribution is -2.54. The number of amides is 7. The fourth-order valence-corrected chi connectivity index (χ4v) is 12.5. The van der Waals surface area contributed by atoms with E-state index in [4.69, 9.17) is 33.2 Å². The van der Waals surface area contributed by atoms with Crippen molar-refractivity contribution in [2.45, 2.75) is 128 Å². The minimum Gasteiger partial charge on any atom is -0.493 e. The number of benzene rings is 3. The molecule has 4 aliphatic heterocycles. The summed E-state index contributed by atoms with van der Waals surface area (Å²) in [5.74, 6) is 4.68. The van der Waals surface area contributed by atoms with Crippen molar-refractivity contribution in [1.29, 1.82) is 0 Å². The molecule has 6 aliphatic rings. The molecule has 1 saturated carbocycles. The molecule has 0 radical (unpaired) electrons. The highest BCUT2D eigenvalue weighted by molar-refractivity contribution is 7.88. The normalized spacial score (nSPS) is 21.6. The molecule has 6 N–H and O–H groups in total. The number of anilines is 2. The van der Waals surface area contributed by atoms with Gasteiger partial charge in [-0.05, 0) is 81.7 Å². The number of aliphatic imine (C=N–C) groups is 1. The van der Waals surface area contributed by atoms with Crippen LogP contribution >= 0.6 is 0 Å². The van der Waals surface area contributed by atoms with Gasteiger partial charge in [0, 0.05) is 80.9 Å². The molecule has 4 heterocycles. The van der Waals surface area contributed by atoms with Crippen molar-refractivity contribution in [2.24, 2.45) is 22.7 Å². The van der Waals surface area contributed by atoms with Crippen molar-refractivity contribution in [1.82, 2.24) is 29.9 Å². The molecule has 3 aromatic rings. The zero-order valence-electron chi connectivity index (χ0n) is 51.2. The Kier molecular flexibility index (Phi) is 21.1. The second kappa shape index (κ2) is 28.8. The van der Waals surface area contributed by atoms with Gasteiger partial charge < -0.3 is 64.0 Å². The lowest BCUT2D eigenvalue weighted by atomic mass is 10.0. The summed E-state index contributed by atoms with van der Waals surface area (Å²) in [6, 6.07) is 8.66. The van der Waals surface area contributed by atoms with Gasteiger partial charge in [-0.25, -0.2) is 19.2 Å². The number of ether oxygens (including phenoxy) is 7. The molecule has 9 rings (SSSR count). The van der Waals surface area contributed by atoms with Crippen molar-refractivity contribution < 1.29 is 80.2 Å². The Morgan fingerprint density at radius 1 is 0.789 bits per heavy atom. The molecule has 7 amide bonds. The maximum Gasteiger partial charge on any atom is 0.422 e. The smallest absolute Gasteiger partial charge is 0.422 e. The van der Waals surface area contributed by atoms with Gasteiger partial charge in [-0.15, -0.1) is 11.8 Å². The number of aliphatic hydroxyl groups excluding tert-OH is 1. The second-order valence-corrected chi connectivity index (χ2v) is 24.9. The van der Waals surface area contributed by atoms with Crippen LogP contribution in [0, 0.1) is 29.6 Å². The number of carbonyl (C=O) groups is 7. The molecule has 9 atom stereocenters. The molecule has 482 valence electrons. The maximum absolute atomic E-state index is 14.2. The predicted molar refractivity (Wildman–Crippen MR) is 329 cm³/mol. The Morgan fingerprint density at radius 3 is 2.09 bits per heavy atom. The first-order valence-corrected chi connectivity index (χ1v) is 31.4. The molecule has 27 heteroatoms. The molecule has 2 saturated heterocycles. The van der Waals surface area contributed by atoms with Crippen LogP contribution in [0.2, 0.25) is 0 Å². The van der Waals surface area contributed by atoms with Crippen LogP contribution in [-0.4, -0.2) is 168 Å². The Hall–Kier alpha value is -8.71. The number of carbonyl (C=O) groups excluding carboxylic acids is 7. The molecule has 2 aliphatic carbocycles. The minimum absolute atomic E-state index is 0.0156. The van der Waals surface area contributed by atoms with Gasteiger partial charge in [0.05, 0.1) is 62.0 Å². The Morgan fingerprint density at radius 2 is 1.42 bits per heavy atom. The average Bonchev–Trinajstić information content (AvgIpc) is 1.61. The van der Waals surface area contributed by atoms with E-state index in [1.165, 1.54) is 38.2 Å². The van der Waals surface area contributed by atoms with Gasteiger partial charge in [-0.3, -0.25) is 29.0 Å². The molecular weight excluding hydrogens is 1190 g/mol. The van der Waals surface area contributed by atoms with Crippen LogP contribution in [0.25, 0.3) is 0 Å². The SMILES string of the molecule is C=C1C[C@H]2C=Nc3cc(OCCCOc4cc5c(cc4OC)C(=O)N4CC(=C)C[C@H]4[C@H](O)N5C(=O)OCc4ccc(NC(=O)[C@H](C)NC(=O)[C@@H](NC(=O)COCCC(C)NS(=O)(=O)NC(=O)O[C@@H]5[C@@H]6CCC#CCC[C@@H]65)C(C)C)cc4)c(OC)cc3C(=O)N2C1. The van der Waals surface area contributed by atoms with Gasteiger partial charge in [0.15, 0.2) is 29.2 Å². The second-order valence-electron chi connectivity index (χ2n) is 23.4. The molecule has 0 aromatic heterocycles. The van der Waals surface area contributed by atoms with E-state index in [1.807, 2.05) is 4.72 Å². The number of nitrogens with one attached hydrogen (secondary N) is 5.